The molecule has 1 heterocycles. The van der Waals surface area contributed by atoms with Crippen molar-refractivity contribution in [3.63, 3.8) is 0 Å². The van der Waals surface area contributed by atoms with Crippen molar-refractivity contribution < 1.29 is 23.5 Å². The number of carbonyl (C=O) groups excluding carboxylic acids is 3. The first-order valence-corrected chi connectivity index (χ1v) is 8.27. The van der Waals surface area contributed by atoms with Gasteiger partial charge in [-0.05, 0) is 24.3 Å². The Morgan fingerprint density at radius 1 is 1.11 bits per heavy atom. The Morgan fingerprint density at radius 2 is 1.85 bits per heavy atom. The van der Waals surface area contributed by atoms with Gasteiger partial charge in [0, 0.05) is 29.1 Å². The summed E-state index contributed by atoms with van der Waals surface area (Å²) in [6.07, 6.45) is -0.0774. The van der Waals surface area contributed by atoms with Gasteiger partial charge >= 0.3 is 5.97 Å². The Morgan fingerprint density at radius 3 is 2.56 bits per heavy atom. The topological polar surface area (TPSA) is 75.7 Å². The van der Waals surface area contributed by atoms with E-state index in [-0.39, 0.29) is 24.6 Å². The van der Waals surface area contributed by atoms with Gasteiger partial charge in [-0.3, -0.25) is 14.4 Å². The normalized spacial score (nSPS) is 12.7. The maximum atomic E-state index is 13.1. The highest BCUT2D eigenvalue weighted by atomic mass is 19.1. The van der Waals surface area contributed by atoms with E-state index in [9.17, 15) is 18.8 Å². The van der Waals surface area contributed by atoms with Crippen LogP contribution in [0.5, 0.6) is 0 Å². The SMILES string of the molecule is C=C1c2ccccc2C(=O)N1CCC(=O)OCC(=O)Nc1cccc(F)c1. The molecule has 7 heteroatoms. The molecule has 1 aliphatic heterocycles. The predicted octanol–water partition coefficient (Wildman–Crippen LogP) is 2.82. The summed E-state index contributed by atoms with van der Waals surface area (Å²) in [4.78, 5) is 37.4. The molecule has 0 fully saturated rings. The number of rotatable bonds is 6. The molecular weight excluding hydrogens is 351 g/mol. The number of halogens is 1. The number of esters is 1. The maximum absolute atomic E-state index is 13.1. The minimum atomic E-state index is -0.624. The van der Waals surface area contributed by atoms with Crippen molar-refractivity contribution >= 4 is 29.2 Å². The Kier molecular flexibility index (Phi) is 5.30. The molecule has 3 rings (SSSR count). The number of nitrogens with zero attached hydrogens (tertiary/aromatic N) is 1. The van der Waals surface area contributed by atoms with Gasteiger partial charge in [-0.15, -0.1) is 0 Å². The van der Waals surface area contributed by atoms with E-state index in [1.54, 1.807) is 18.2 Å². The molecule has 1 aliphatic rings. The fraction of sp³-hybridized carbons (Fsp3) is 0.150. The second-order valence-corrected chi connectivity index (χ2v) is 5.92. The summed E-state index contributed by atoms with van der Waals surface area (Å²) in [7, 11) is 0. The molecule has 0 saturated carbocycles. The van der Waals surface area contributed by atoms with Crippen molar-refractivity contribution in [3.8, 4) is 0 Å². The van der Waals surface area contributed by atoms with Crippen molar-refractivity contribution in [2.45, 2.75) is 6.42 Å². The van der Waals surface area contributed by atoms with Crippen molar-refractivity contribution in [1.29, 1.82) is 0 Å². The van der Waals surface area contributed by atoms with Gasteiger partial charge in [-0.25, -0.2) is 4.39 Å². The average molecular weight is 368 g/mol. The first-order valence-electron chi connectivity index (χ1n) is 8.27. The number of hydrogen-bond donors (Lipinski definition) is 1. The zero-order valence-electron chi connectivity index (χ0n) is 14.4. The third-order valence-corrected chi connectivity index (χ3v) is 4.05. The highest BCUT2D eigenvalue weighted by Gasteiger charge is 2.30. The summed E-state index contributed by atoms with van der Waals surface area (Å²) < 4.78 is 18.0. The average Bonchev–Trinajstić information content (AvgIpc) is 2.89. The van der Waals surface area contributed by atoms with Gasteiger partial charge < -0.3 is 15.0 Å². The van der Waals surface area contributed by atoms with E-state index in [0.29, 0.717) is 11.3 Å². The largest absolute Gasteiger partial charge is 0.456 e. The van der Waals surface area contributed by atoms with Gasteiger partial charge in [-0.1, -0.05) is 30.8 Å². The summed E-state index contributed by atoms with van der Waals surface area (Å²) >= 11 is 0. The van der Waals surface area contributed by atoms with Gasteiger partial charge in [0.05, 0.1) is 6.42 Å². The van der Waals surface area contributed by atoms with E-state index in [1.807, 2.05) is 6.07 Å². The van der Waals surface area contributed by atoms with Crippen LogP contribution in [0.1, 0.15) is 22.3 Å². The fourth-order valence-electron chi connectivity index (χ4n) is 2.76. The molecule has 27 heavy (non-hydrogen) atoms. The Balaban J connectivity index is 1.46. The minimum Gasteiger partial charge on any atom is -0.456 e. The Bertz CT molecular complexity index is 891. The molecule has 0 aromatic heterocycles. The second kappa shape index (κ2) is 7.82. The molecule has 6 nitrogen and oxygen atoms in total. The molecule has 0 aliphatic carbocycles. The van der Waals surface area contributed by atoms with Gasteiger partial charge in [0.25, 0.3) is 11.8 Å². The van der Waals surface area contributed by atoms with Crippen LogP contribution in [-0.2, 0) is 14.3 Å². The smallest absolute Gasteiger partial charge is 0.308 e. The number of amides is 2. The molecule has 0 bridgehead atoms. The molecule has 2 amide bonds. The number of nitrogens with one attached hydrogen (secondary N) is 1. The number of ether oxygens (including phenoxy) is 1. The first-order chi connectivity index (χ1) is 13.0. The van der Waals surface area contributed by atoms with Crippen LogP contribution in [0.15, 0.2) is 55.1 Å². The molecule has 0 saturated heterocycles. The zero-order chi connectivity index (χ0) is 19.4. The van der Waals surface area contributed by atoms with E-state index < -0.39 is 24.3 Å². The summed E-state index contributed by atoms with van der Waals surface area (Å²) in [5.74, 6) is -1.91. The number of hydrogen-bond acceptors (Lipinski definition) is 4. The van der Waals surface area contributed by atoms with Crippen molar-refractivity contribution in [1.82, 2.24) is 4.90 Å². The molecular formula is C20H17FN2O4. The molecule has 0 radical (unpaired) electrons. The van der Waals surface area contributed by atoms with Crippen LogP contribution in [0.2, 0.25) is 0 Å². The quantitative estimate of drug-likeness (QED) is 0.796. The number of carbonyl (C=O) groups is 3. The standard InChI is InChI=1S/C20H17FN2O4/c1-13-16-7-2-3-8-17(16)20(26)23(13)10-9-19(25)27-12-18(24)22-15-6-4-5-14(21)11-15/h2-8,11H,1,9-10,12H2,(H,22,24). The monoisotopic (exact) mass is 368 g/mol. The van der Waals surface area contributed by atoms with E-state index in [0.717, 1.165) is 11.6 Å². The van der Waals surface area contributed by atoms with Gasteiger partial charge in [0.1, 0.15) is 5.82 Å². The van der Waals surface area contributed by atoms with Gasteiger partial charge in [-0.2, -0.15) is 0 Å². The lowest BCUT2D eigenvalue weighted by atomic mass is 10.1. The maximum Gasteiger partial charge on any atom is 0.308 e. The molecule has 0 atom stereocenters. The van der Waals surface area contributed by atoms with E-state index in [2.05, 4.69) is 11.9 Å². The third kappa shape index (κ3) is 4.20. The van der Waals surface area contributed by atoms with Crippen LogP contribution in [0.25, 0.3) is 5.70 Å². The predicted molar refractivity (Wildman–Crippen MR) is 97.1 cm³/mol. The molecule has 138 valence electrons. The summed E-state index contributed by atoms with van der Waals surface area (Å²) in [6, 6.07) is 12.5. The van der Waals surface area contributed by atoms with Crippen LogP contribution in [0.3, 0.4) is 0 Å². The lowest BCUT2D eigenvalue weighted by Crippen LogP contribution is -2.27. The Hall–Kier alpha value is -3.48. The van der Waals surface area contributed by atoms with Gasteiger partial charge in [0.2, 0.25) is 0 Å². The summed E-state index contributed by atoms with van der Waals surface area (Å²) in [6.45, 7) is 3.50. The lowest BCUT2D eigenvalue weighted by molar-refractivity contribution is -0.147. The summed E-state index contributed by atoms with van der Waals surface area (Å²) in [5, 5.41) is 2.43. The van der Waals surface area contributed by atoms with E-state index in [1.165, 1.54) is 23.1 Å². The first kappa shape index (κ1) is 18.3. The van der Waals surface area contributed by atoms with E-state index >= 15 is 0 Å². The molecule has 1 N–H and O–H groups in total. The van der Waals surface area contributed by atoms with Crippen molar-refractivity contribution in [3.05, 3.63) is 72.1 Å². The highest BCUT2D eigenvalue weighted by molar-refractivity contribution is 6.08. The van der Waals surface area contributed by atoms with Crippen LogP contribution in [0.4, 0.5) is 10.1 Å². The van der Waals surface area contributed by atoms with Crippen LogP contribution in [0, 0.1) is 5.82 Å². The fourth-order valence-corrected chi connectivity index (χ4v) is 2.76. The number of fused-ring (bicyclic) bond motifs is 1. The van der Waals surface area contributed by atoms with Crippen LogP contribution >= 0.6 is 0 Å². The lowest BCUT2D eigenvalue weighted by Gasteiger charge is -2.16. The minimum absolute atomic E-state index is 0.0774. The summed E-state index contributed by atoms with van der Waals surface area (Å²) in [5.41, 5.74) is 2.09. The number of anilines is 1. The molecule has 0 unspecified atom stereocenters. The second-order valence-electron chi connectivity index (χ2n) is 5.92. The van der Waals surface area contributed by atoms with Crippen LogP contribution in [-0.4, -0.2) is 35.8 Å². The third-order valence-electron chi connectivity index (χ3n) is 4.05. The Labute approximate surface area is 155 Å². The highest BCUT2D eigenvalue weighted by Crippen LogP contribution is 2.31. The zero-order valence-corrected chi connectivity index (χ0v) is 14.4. The number of benzene rings is 2. The van der Waals surface area contributed by atoms with Crippen LogP contribution < -0.4 is 5.32 Å². The van der Waals surface area contributed by atoms with Crippen molar-refractivity contribution in [2.75, 3.05) is 18.5 Å². The van der Waals surface area contributed by atoms with E-state index in [4.69, 9.17) is 4.74 Å². The van der Waals surface area contributed by atoms with Gasteiger partial charge in [0.15, 0.2) is 6.61 Å². The van der Waals surface area contributed by atoms with Crippen molar-refractivity contribution in [2.24, 2.45) is 0 Å². The molecule has 2 aromatic rings. The molecule has 0 spiro atoms. The molecule has 2 aromatic carbocycles.